The zero-order valence-corrected chi connectivity index (χ0v) is 23.0. The van der Waals surface area contributed by atoms with E-state index in [1.54, 1.807) is 36.4 Å². The van der Waals surface area contributed by atoms with Crippen molar-refractivity contribution in [1.29, 1.82) is 0 Å². The van der Waals surface area contributed by atoms with Crippen LogP contribution in [0.2, 0.25) is 10.0 Å². The molecule has 1 atom stereocenters. The van der Waals surface area contributed by atoms with Crippen LogP contribution in [0.15, 0.2) is 72.8 Å². The van der Waals surface area contributed by atoms with Gasteiger partial charge in [-0.2, -0.15) is 0 Å². The molecule has 0 aromatic heterocycles. The highest BCUT2D eigenvalue weighted by molar-refractivity contribution is 6.42. The second kappa shape index (κ2) is 13.6. The molecule has 3 aromatic rings. The van der Waals surface area contributed by atoms with Crippen LogP contribution in [-0.2, 0) is 29.0 Å². The summed E-state index contributed by atoms with van der Waals surface area (Å²) in [5.41, 5.74) is 1.76. The third kappa shape index (κ3) is 7.80. The average molecular weight is 569 g/mol. The van der Waals surface area contributed by atoms with Crippen LogP contribution in [-0.4, -0.2) is 33.7 Å². The first-order valence-corrected chi connectivity index (χ1v) is 13.9. The van der Waals surface area contributed by atoms with Crippen molar-refractivity contribution in [3.05, 3.63) is 110 Å². The van der Waals surface area contributed by atoms with Crippen LogP contribution >= 0.6 is 23.2 Å². The van der Waals surface area contributed by atoms with Gasteiger partial charge in [0.05, 0.1) is 21.4 Å². The predicted octanol–water partition coefficient (Wildman–Crippen LogP) is 6.53. The van der Waals surface area contributed by atoms with Crippen LogP contribution in [0.25, 0.3) is 0 Å². The second-order valence-corrected chi connectivity index (χ2v) is 10.7. The van der Waals surface area contributed by atoms with Gasteiger partial charge in [-0.15, -0.1) is 0 Å². The van der Waals surface area contributed by atoms with Gasteiger partial charge in [-0.3, -0.25) is 19.7 Å². The summed E-state index contributed by atoms with van der Waals surface area (Å²) in [5.74, 6) is -0.628. The van der Waals surface area contributed by atoms with Gasteiger partial charge in [0.1, 0.15) is 6.04 Å². The maximum Gasteiger partial charge on any atom is 0.273 e. The fourth-order valence-electron chi connectivity index (χ4n) is 5.04. The minimum absolute atomic E-state index is 0.0571. The molecular weight excluding hydrogens is 537 g/mol. The summed E-state index contributed by atoms with van der Waals surface area (Å²) in [5, 5.41) is 15.5. The molecule has 0 saturated heterocycles. The molecule has 0 heterocycles. The van der Waals surface area contributed by atoms with Crippen LogP contribution in [0.3, 0.4) is 0 Å². The maximum absolute atomic E-state index is 13.9. The fraction of sp³-hybridized carbons (Fsp3) is 0.333. The van der Waals surface area contributed by atoms with Crippen LogP contribution in [0.5, 0.6) is 0 Å². The molecule has 1 aliphatic rings. The zero-order chi connectivity index (χ0) is 27.8. The summed E-state index contributed by atoms with van der Waals surface area (Å²) in [4.78, 5) is 40.4. The highest BCUT2D eigenvalue weighted by Gasteiger charge is 2.33. The van der Waals surface area contributed by atoms with E-state index in [0.29, 0.717) is 22.0 Å². The number of benzene rings is 3. The molecule has 204 valence electrons. The van der Waals surface area contributed by atoms with Gasteiger partial charge in [0.25, 0.3) is 5.69 Å². The van der Waals surface area contributed by atoms with Crippen molar-refractivity contribution in [2.45, 2.75) is 63.6 Å². The summed E-state index contributed by atoms with van der Waals surface area (Å²) < 4.78 is 0. The molecule has 4 rings (SSSR count). The van der Waals surface area contributed by atoms with Crippen molar-refractivity contribution in [1.82, 2.24) is 10.2 Å². The van der Waals surface area contributed by atoms with E-state index in [9.17, 15) is 19.7 Å². The minimum atomic E-state index is -0.834. The Morgan fingerprint density at radius 3 is 2.31 bits per heavy atom. The third-order valence-corrected chi connectivity index (χ3v) is 7.83. The topological polar surface area (TPSA) is 92.6 Å². The number of para-hydroxylation sites is 1. The molecule has 1 aliphatic carbocycles. The number of nitrogens with zero attached hydrogens (tertiary/aromatic N) is 2. The Labute approximate surface area is 238 Å². The Hall–Kier alpha value is -3.42. The molecule has 1 fully saturated rings. The van der Waals surface area contributed by atoms with Gasteiger partial charge >= 0.3 is 0 Å². The van der Waals surface area contributed by atoms with E-state index in [0.717, 1.165) is 37.7 Å². The van der Waals surface area contributed by atoms with Gasteiger partial charge in [0.15, 0.2) is 0 Å². The van der Waals surface area contributed by atoms with Crippen molar-refractivity contribution < 1.29 is 14.5 Å². The highest BCUT2D eigenvalue weighted by Crippen LogP contribution is 2.26. The van der Waals surface area contributed by atoms with E-state index < -0.39 is 16.9 Å². The summed E-state index contributed by atoms with van der Waals surface area (Å²) in [6.45, 7) is 0.0892. The van der Waals surface area contributed by atoms with E-state index in [2.05, 4.69) is 5.32 Å². The van der Waals surface area contributed by atoms with E-state index in [1.165, 1.54) is 11.0 Å². The Morgan fingerprint density at radius 1 is 0.923 bits per heavy atom. The van der Waals surface area contributed by atoms with Gasteiger partial charge in [0.2, 0.25) is 11.8 Å². The maximum atomic E-state index is 13.9. The minimum Gasteiger partial charge on any atom is -0.352 e. The Balaban J connectivity index is 1.70. The van der Waals surface area contributed by atoms with E-state index >= 15 is 0 Å². The smallest absolute Gasteiger partial charge is 0.273 e. The molecule has 1 saturated carbocycles. The van der Waals surface area contributed by atoms with Gasteiger partial charge in [0, 0.05) is 30.6 Å². The van der Waals surface area contributed by atoms with Crippen molar-refractivity contribution >= 4 is 40.7 Å². The van der Waals surface area contributed by atoms with Crippen LogP contribution in [0, 0.1) is 10.1 Å². The van der Waals surface area contributed by atoms with Crippen LogP contribution < -0.4 is 5.32 Å². The molecule has 1 unspecified atom stereocenters. The van der Waals surface area contributed by atoms with Crippen molar-refractivity contribution in [2.75, 3.05) is 0 Å². The molecule has 1 N–H and O–H groups in total. The normalized spacial score (nSPS) is 14.4. The number of carbonyl (C=O) groups excluding carboxylic acids is 2. The standard InChI is InChI=1S/C30H31Cl2N3O4/c31-25-16-15-22(17-26(25)32)20-34(29(36)19-23-11-7-8-14-27(23)35(38)39)28(18-21-9-3-1-4-10-21)30(37)33-24-12-5-2-6-13-24/h1,3-4,7-11,14-17,24,28H,2,5-6,12-13,18-20H2,(H,33,37). The van der Waals surface area contributed by atoms with Gasteiger partial charge in [-0.25, -0.2) is 0 Å². The fourth-order valence-corrected chi connectivity index (χ4v) is 5.36. The quantitative estimate of drug-likeness (QED) is 0.222. The molecule has 7 nitrogen and oxygen atoms in total. The molecule has 0 aliphatic heterocycles. The lowest BCUT2D eigenvalue weighted by Crippen LogP contribution is -2.53. The molecule has 2 amide bonds. The Morgan fingerprint density at radius 2 is 1.62 bits per heavy atom. The summed E-state index contributed by atoms with van der Waals surface area (Å²) in [7, 11) is 0. The Kier molecular flexibility index (Phi) is 9.96. The SMILES string of the molecule is O=C(NC1CCCCC1)C(Cc1ccccc1)N(Cc1ccc(Cl)c(Cl)c1)C(=O)Cc1ccccc1[N+](=O)[O-]. The van der Waals surface area contributed by atoms with E-state index in [-0.39, 0.29) is 36.2 Å². The van der Waals surface area contributed by atoms with Crippen LogP contribution in [0.1, 0.15) is 48.8 Å². The number of nitro groups is 1. The molecule has 3 aromatic carbocycles. The third-order valence-electron chi connectivity index (χ3n) is 7.09. The highest BCUT2D eigenvalue weighted by atomic mass is 35.5. The first-order valence-electron chi connectivity index (χ1n) is 13.1. The predicted molar refractivity (Wildman–Crippen MR) is 153 cm³/mol. The molecule has 9 heteroatoms. The summed E-state index contributed by atoms with van der Waals surface area (Å²) in [6.07, 6.45) is 5.14. The lowest BCUT2D eigenvalue weighted by atomic mass is 9.94. The van der Waals surface area contributed by atoms with Gasteiger partial charge in [-0.05, 0) is 36.1 Å². The van der Waals surface area contributed by atoms with Gasteiger partial charge < -0.3 is 10.2 Å². The number of hydrogen-bond acceptors (Lipinski definition) is 4. The second-order valence-electron chi connectivity index (χ2n) is 9.88. The molecule has 0 bridgehead atoms. The molecule has 39 heavy (non-hydrogen) atoms. The molecular formula is C30H31Cl2N3O4. The first-order chi connectivity index (χ1) is 18.8. The number of nitro benzene ring substituents is 1. The lowest BCUT2D eigenvalue weighted by molar-refractivity contribution is -0.385. The monoisotopic (exact) mass is 567 g/mol. The number of nitrogens with one attached hydrogen (secondary N) is 1. The van der Waals surface area contributed by atoms with E-state index in [1.807, 2.05) is 30.3 Å². The molecule has 0 radical (unpaired) electrons. The number of rotatable bonds is 10. The van der Waals surface area contributed by atoms with Crippen molar-refractivity contribution in [3.63, 3.8) is 0 Å². The van der Waals surface area contributed by atoms with E-state index in [4.69, 9.17) is 23.2 Å². The number of halogens is 2. The zero-order valence-electron chi connectivity index (χ0n) is 21.5. The summed E-state index contributed by atoms with van der Waals surface area (Å²) >= 11 is 12.4. The number of amides is 2. The average Bonchev–Trinajstić information content (AvgIpc) is 2.93. The lowest BCUT2D eigenvalue weighted by Gasteiger charge is -2.33. The summed E-state index contributed by atoms with van der Waals surface area (Å²) in [6, 6.07) is 20.0. The number of carbonyl (C=O) groups is 2. The first kappa shape index (κ1) is 28.6. The van der Waals surface area contributed by atoms with Crippen LogP contribution in [0.4, 0.5) is 5.69 Å². The number of hydrogen-bond donors (Lipinski definition) is 1. The van der Waals surface area contributed by atoms with Crippen molar-refractivity contribution in [3.8, 4) is 0 Å². The Bertz CT molecular complexity index is 1310. The van der Waals surface area contributed by atoms with Gasteiger partial charge in [-0.1, -0.05) is 97.1 Å². The molecule has 0 spiro atoms. The van der Waals surface area contributed by atoms with Crippen molar-refractivity contribution in [2.24, 2.45) is 0 Å². The largest absolute Gasteiger partial charge is 0.352 e.